The minimum absolute atomic E-state index is 0.139. The van der Waals surface area contributed by atoms with Gasteiger partial charge in [0.1, 0.15) is 5.82 Å². The van der Waals surface area contributed by atoms with Crippen LogP contribution in [0.25, 0.3) is 5.69 Å². The number of ether oxygens (including phenoxy) is 1. The quantitative estimate of drug-likeness (QED) is 0.833. The normalized spacial score (nSPS) is 19.8. The van der Waals surface area contributed by atoms with Crippen molar-refractivity contribution in [2.75, 3.05) is 6.61 Å². The Morgan fingerprint density at radius 3 is 2.73 bits per heavy atom. The van der Waals surface area contributed by atoms with Crippen molar-refractivity contribution in [3.63, 3.8) is 0 Å². The first kappa shape index (κ1) is 18.1. The lowest BCUT2D eigenvalue weighted by Gasteiger charge is -2.29. The smallest absolute Gasteiger partial charge is 0.357 e. The van der Waals surface area contributed by atoms with Crippen LogP contribution >= 0.6 is 0 Å². The van der Waals surface area contributed by atoms with Gasteiger partial charge in [0, 0.05) is 11.7 Å². The molecule has 0 aliphatic heterocycles. The molecule has 1 N–H and O–H groups in total. The van der Waals surface area contributed by atoms with E-state index in [0.717, 1.165) is 19.3 Å². The Kier molecular flexibility index (Phi) is 5.65. The molecule has 1 saturated carbocycles. The molecule has 1 aliphatic rings. The van der Waals surface area contributed by atoms with Gasteiger partial charge in [0.2, 0.25) is 0 Å². The number of esters is 1. The lowest BCUT2D eigenvalue weighted by Crippen LogP contribution is -2.42. The Balaban J connectivity index is 1.58. The van der Waals surface area contributed by atoms with E-state index in [4.69, 9.17) is 4.74 Å². The van der Waals surface area contributed by atoms with Gasteiger partial charge in [-0.3, -0.25) is 9.36 Å². The predicted octanol–water partition coefficient (Wildman–Crippen LogP) is 2.86. The summed E-state index contributed by atoms with van der Waals surface area (Å²) in [6.45, 7) is 1.79. The van der Waals surface area contributed by atoms with Crippen molar-refractivity contribution in [3.8, 4) is 5.69 Å². The van der Waals surface area contributed by atoms with Crippen LogP contribution < -0.4 is 5.32 Å². The number of imidazole rings is 1. The van der Waals surface area contributed by atoms with E-state index in [-0.39, 0.29) is 30.1 Å². The highest BCUT2D eigenvalue weighted by Gasteiger charge is 2.23. The molecule has 0 unspecified atom stereocenters. The number of carbonyl (C=O) groups is 2. The molecule has 26 heavy (non-hydrogen) atoms. The number of amides is 1. The molecule has 1 fully saturated rings. The highest BCUT2D eigenvalue weighted by Crippen LogP contribution is 2.23. The summed E-state index contributed by atoms with van der Waals surface area (Å²) < 4.78 is 19.7. The Hall–Kier alpha value is -2.70. The molecular formula is C19H22FN3O3. The number of nitrogens with zero attached hydrogens (tertiary/aromatic N) is 2. The Labute approximate surface area is 151 Å². The maximum Gasteiger partial charge on any atom is 0.357 e. The van der Waals surface area contributed by atoms with E-state index in [1.165, 1.54) is 47.8 Å². The third-order valence-electron chi connectivity index (χ3n) is 4.74. The highest BCUT2D eigenvalue weighted by molar-refractivity contribution is 5.90. The highest BCUT2D eigenvalue weighted by atomic mass is 19.1. The number of nitrogens with one attached hydrogen (secondary N) is 1. The minimum Gasteiger partial charge on any atom is -0.451 e. The van der Waals surface area contributed by atoms with Crippen molar-refractivity contribution in [2.24, 2.45) is 5.92 Å². The number of hydrogen-bond acceptors (Lipinski definition) is 4. The van der Waals surface area contributed by atoms with Gasteiger partial charge in [-0.05, 0) is 43.0 Å². The van der Waals surface area contributed by atoms with Gasteiger partial charge in [-0.2, -0.15) is 0 Å². The van der Waals surface area contributed by atoms with Crippen LogP contribution in [0.5, 0.6) is 0 Å². The van der Waals surface area contributed by atoms with Crippen molar-refractivity contribution >= 4 is 11.9 Å². The molecule has 2 atom stereocenters. The molecule has 0 radical (unpaired) electrons. The summed E-state index contributed by atoms with van der Waals surface area (Å²) >= 11 is 0. The molecule has 0 bridgehead atoms. The maximum atomic E-state index is 13.1. The van der Waals surface area contributed by atoms with Gasteiger partial charge in [-0.1, -0.05) is 19.8 Å². The zero-order chi connectivity index (χ0) is 18.5. The number of aromatic nitrogens is 2. The van der Waals surface area contributed by atoms with Gasteiger partial charge >= 0.3 is 5.97 Å². The molecule has 3 rings (SSSR count). The second-order valence-corrected chi connectivity index (χ2v) is 6.64. The average Bonchev–Trinajstić information content (AvgIpc) is 3.12. The van der Waals surface area contributed by atoms with Gasteiger partial charge in [-0.15, -0.1) is 0 Å². The molecule has 1 amide bonds. The largest absolute Gasteiger partial charge is 0.451 e. The van der Waals surface area contributed by atoms with Crippen LogP contribution in [0.3, 0.4) is 0 Å². The van der Waals surface area contributed by atoms with Crippen molar-refractivity contribution < 1.29 is 18.7 Å². The number of carbonyl (C=O) groups excluding carboxylic acids is 2. The lowest BCUT2D eigenvalue weighted by atomic mass is 9.86. The topological polar surface area (TPSA) is 73.2 Å². The predicted molar refractivity (Wildman–Crippen MR) is 93.4 cm³/mol. The van der Waals surface area contributed by atoms with Gasteiger partial charge in [0.25, 0.3) is 5.91 Å². The van der Waals surface area contributed by atoms with Gasteiger partial charge < -0.3 is 10.1 Å². The molecule has 7 heteroatoms. The van der Waals surface area contributed by atoms with E-state index < -0.39 is 5.97 Å². The molecule has 1 aromatic heterocycles. The fraction of sp³-hybridized carbons (Fsp3) is 0.421. The molecule has 138 valence electrons. The molecule has 0 saturated heterocycles. The van der Waals surface area contributed by atoms with Crippen molar-refractivity contribution in [3.05, 3.63) is 48.3 Å². The molecule has 6 nitrogen and oxygen atoms in total. The third kappa shape index (κ3) is 4.28. The van der Waals surface area contributed by atoms with E-state index in [2.05, 4.69) is 17.2 Å². The fourth-order valence-electron chi connectivity index (χ4n) is 3.24. The molecular weight excluding hydrogens is 337 g/mol. The summed E-state index contributed by atoms with van der Waals surface area (Å²) in [5.41, 5.74) is 0.756. The second kappa shape index (κ2) is 8.12. The molecule has 1 aliphatic carbocycles. The van der Waals surface area contributed by atoms with E-state index in [1.54, 1.807) is 0 Å². The number of rotatable bonds is 5. The van der Waals surface area contributed by atoms with Crippen molar-refractivity contribution in [1.82, 2.24) is 14.9 Å². The van der Waals surface area contributed by atoms with E-state index in [0.29, 0.717) is 11.6 Å². The van der Waals surface area contributed by atoms with E-state index in [1.807, 2.05) is 0 Å². The van der Waals surface area contributed by atoms with Crippen molar-refractivity contribution in [2.45, 2.75) is 38.6 Å². The maximum absolute atomic E-state index is 13.1. The van der Waals surface area contributed by atoms with Crippen LogP contribution in [0.1, 0.15) is 43.1 Å². The van der Waals surface area contributed by atoms with Crippen LogP contribution in [-0.4, -0.2) is 34.1 Å². The number of halogens is 1. The summed E-state index contributed by atoms with van der Waals surface area (Å²) in [5.74, 6) is -0.890. The van der Waals surface area contributed by atoms with E-state index >= 15 is 0 Å². The van der Waals surface area contributed by atoms with Gasteiger partial charge in [0.15, 0.2) is 12.3 Å². The first-order valence-corrected chi connectivity index (χ1v) is 8.79. The fourth-order valence-corrected chi connectivity index (χ4v) is 3.24. The standard InChI is InChI=1S/C19H22FN3O3/c1-13-4-2-3-5-16(13)22-18(24)11-26-19(25)17-10-21-12-23(17)15-8-6-14(20)7-9-15/h6-10,12-13,16H,2-5,11H2,1H3,(H,22,24)/t13-,16-/m0/s1. The van der Waals surface area contributed by atoms with Gasteiger partial charge in [0.05, 0.1) is 12.5 Å². The summed E-state index contributed by atoms with van der Waals surface area (Å²) in [6.07, 6.45) is 7.14. The Morgan fingerprint density at radius 1 is 1.27 bits per heavy atom. The van der Waals surface area contributed by atoms with E-state index in [9.17, 15) is 14.0 Å². The minimum atomic E-state index is -0.654. The van der Waals surface area contributed by atoms with Gasteiger partial charge in [-0.25, -0.2) is 14.2 Å². The summed E-state index contributed by atoms with van der Waals surface area (Å²) in [7, 11) is 0. The van der Waals surface area contributed by atoms with Crippen molar-refractivity contribution in [1.29, 1.82) is 0 Å². The number of benzene rings is 1. The zero-order valence-electron chi connectivity index (χ0n) is 14.7. The zero-order valence-corrected chi connectivity index (χ0v) is 14.7. The number of hydrogen-bond donors (Lipinski definition) is 1. The lowest BCUT2D eigenvalue weighted by molar-refractivity contribution is -0.125. The van der Waals surface area contributed by atoms with Crippen LogP contribution in [0.4, 0.5) is 4.39 Å². The van der Waals surface area contributed by atoms with Crippen LogP contribution in [0, 0.1) is 11.7 Å². The Morgan fingerprint density at radius 2 is 2.00 bits per heavy atom. The molecule has 2 aromatic rings. The first-order chi connectivity index (χ1) is 12.5. The summed E-state index contributed by atoms with van der Waals surface area (Å²) in [6, 6.07) is 5.79. The average molecular weight is 359 g/mol. The monoisotopic (exact) mass is 359 g/mol. The molecule has 1 aromatic carbocycles. The van der Waals surface area contributed by atoms with Crippen LogP contribution in [-0.2, 0) is 9.53 Å². The van der Waals surface area contributed by atoms with Crippen LogP contribution in [0.2, 0.25) is 0 Å². The summed E-state index contributed by atoms with van der Waals surface area (Å²) in [5, 5.41) is 2.94. The first-order valence-electron chi connectivity index (χ1n) is 8.79. The summed E-state index contributed by atoms with van der Waals surface area (Å²) in [4.78, 5) is 28.3. The second-order valence-electron chi connectivity index (χ2n) is 6.64. The third-order valence-corrected chi connectivity index (χ3v) is 4.74. The molecule has 0 spiro atoms. The molecule has 1 heterocycles. The Bertz CT molecular complexity index is 773. The van der Waals surface area contributed by atoms with Crippen LogP contribution in [0.15, 0.2) is 36.8 Å². The SMILES string of the molecule is C[C@H]1CCCC[C@@H]1NC(=O)COC(=O)c1cncn1-c1ccc(F)cc1.